The van der Waals surface area contributed by atoms with Gasteiger partial charge in [0.1, 0.15) is 11.3 Å². The molecule has 0 aliphatic heterocycles. The summed E-state index contributed by atoms with van der Waals surface area (Å²) in [5.74, 6) is 0.767. The second kappa shape index (κ2) is 8.00. The van der Waals surface area contributed by atoms with Gasteiger partial charge in [-0.25, -0.2) is 4.68 Å². The van der Waals surface area contributed by atoms with Gasteiger partial charge in [0.05, 0.1) is 23.4 Å². The van der Waals surface area contributed by atoms with Crippen molar-refractivity contribution in [3.05, 3.63) is 104 Å². The van der Waals surface area contributed by atoms with Crippen LogP contribution in [0.2, 0.25) is 0 Å². The molecule has 0 unspecified atom stereocenters. The SMILES string of the molecule is COc1ccc(C=Cc2nn(-c3ccc([N+](=O)[O-])cc3)c3c(=O)ccccc23)cc1. The lowest BCUT2D eigenvalue weighted by Crippen LogP contribution is -2.05. The quantitative estimate of drug-likeness (QED) is 0.365. The minimum Gasteiger partial charge on any atom is -0.497 e. The van der Waals surface area contributed by atoms with Crippen molar-refractivity contribution in [3.63, 3.8) is 0 Å². The van der Waals surface area contributed by atoms with Crippen molar-refractivity contribution in [2.45, 2.75) is 0 Å². The zero-order valence-corrected chi connectivity index (χ0v) is 16.1. The first-order chi connectivity index (χ1) is 14.6. The van der Waals surface area contributed by atoms with Crippen LogP contribution in [0.25, 0.3) is 28.7 Å². The van der Waals surface area contributed by atoms with Crippen molar-refractivity contribution in [2.75, 3.05) is 7.11 Å². The molecule has 0 radical (unpaired) electrons. The Bertz CT molecular complexity index is 1310. The monoisotopic (exact) mass is 399 g/mol. The first kappa shape index (κ1) is 19.1. The number of hydrogen-bond acceptors (Lipinski definition) is 5. The number of aromatic nitrogens is 2. The second-order valence-electron chi connectivity index (χ2n) is 6.52. The zero-order chi connectivity index (χ0) is 21.1. The van der Waals surface area contributed by atoms with Gasteiger partial charge in [-0.1, -0.05) is 36.4 Å². The number of nitro benzene ring substituents is 1. The number of nitrogens with zero attached hydrogens (tertiary/aromatic N) is 3. The van der Waals surface area contributed by atoms with Crippen LogP contribution in [0.1, 0.15) is 11.3 Å². The van der Waals surface area contributed by atoms with E-state index in [4.69, 9.17) is 4.74 Å². The molecule has 0 spiro atoms. The van der Waals surface area contributed by atoms with Crippen molar-refractivity contribution in [3.8, 4) is 11.4 Å². The molecule has 148 valence electrons. The third-order valence-corrected chi connectivity index (χ3v) is 4.66. The van der Waals surface area contributed by atoms with E-state index in [0.717, 1.165) is 11.3 Å². The highest BCUT2D eigenvalue weighted by Gasteiger charge is 2.13. The van der Waals surface area contributed by atoms with E-state index in [2.05, 4.69) is 5.10 Å². The van der Waals surface area contributed by atoms with E-state index < -0.39 is 4.92 Å². The molecular formula is C23H17N3O4. The van der Waals surface area contributed by atoms with E-state index in [1.165, 1.54) is 22.9 Å². The Labute approximate surface area is 171 Å². The molecule has 0 bridgehead atoms. The number of rotatable bonds is 5. The minimum absolute atomic E-state index is 0.0252. The fourth-order valence-electron chi connectivity index (χ4n) is 3.14. The molecular weight excluding hydrogens is 382 g/mol. The van der Waals surface area contributed by atoms with Crippen LogP contribution < -0.4 is 10.2 Å². The van der Waals surface area contributed by atoms with Gasteiger partial charge in [-0.2, -0.15) is 5.10 Å². The summed E-state index contributed by atoms with van der Waals surface area (Å²) < 4.78 is 6.69. The minimum atomic E-state index is -0.465. The summed E-state index contributed by atoms with van der Waals surface area (Å²) in [6, 6.07) is 20.3. The summed E-state index contributed by atoms with van der Waals surface area (Å²) in [7, 11) is 1.61. The molecule has 0 N–H and O–H groups in total. The van der Waals surface area contributed by atoms with Crippen LogP contribution in [-0.4, -0.2) is 21.8 Å². The van der Waals surface area contributed by atoms with Crippen LogP contribution in [-0.2, 0) is 0 Å². The lowest BCUT2D eigenvalue weighted by Gasteiger charge is -2.01. The van der Waals surface area contributed by atoms with Crippen LogP contribution in [0, 0.1) is 10.1 Å². The van der Waals surface area contributed by atoms with Gasteiger partial charge in [-0.15, -0.1) is 0 Å². The Balaban J connectivity index is 1.84. The van der Waals surface area contributed by atoms with Crippen molar-refractivity contribution in [2.24, 2.45) is 0 Å². The lowest BCUT2D eigenvalue weighted by atomic mass is 10.1. The highest BCUT2D eigenvalue weighted by atomic mass is 16.6. The molecule has 0 aliphatic carbocycles. The fourth-order valence-corrected chi connectivity index (χ4v) is 3.14. The Morgan fingerprint density at radius 2 is 1.67 bits per heavy atom. The smallest absolute Gasteiger partial charge is 0.269 e. The zero-order valence-electron chi connectivity index (χ0n) is 16.1. The lowest BCUT2D eigenvalue weighted by molar-refractivity contribution is -0.384. The van der Waals surface area contributed by atoms with Gasteiger partial charge in [0, 0.05) is 17.5 Å². The van der Waals surface area contributed by atoms with Gasteiger partial charge in [0.2, 0.25) is 5.43 Å². The highest BCUT2D eigenvalue weighted by molar-refractivity contribution is 5.90. The number of non-ortho nitro benzene ring substituents is 1. The Hall–Kier alpha value is -4.26. The normalized spacial score (nSPS) is 11.1. The van der Waals surface area contributed by atoms with E-state index in [1.807, 2.05) is 42.5 Å². The number of hydrogen-bond donors (Lipinski definition) is 0. The van der Waals surface area contributed by atoms with E-state index in [1.54, 1.807) is 31.4 Å². The molecule has 0 saturated heterocycles. The summed E-state index contributed by atoms with van der Waals surface area (Å²) >= 11 is 0. The molecule has 4 rings (SSSR count). The van der Waals surface area contributed by atoms with Gasteiger partial charge in [-0.3, -0.25) is 14.9 Å². The van der Waals surface area contributed by atoms with Crippen LogP contribution in [0.5, 0.6) is 5.75 Å². The molecule has 0 fully saturated rings. The van der Waals surface area contributed by atoms with Crippen LogP contribution in [0.15, 0.2) is 77.6 Å². The average Bonchev–Trinajstić information content (AvgIpc) is 3.03. The molecule has 0 atom stereocenters. The van der Waals surface area contributed by atoms with Crippen molar-refractivity contribution >= 4 is 28.7 Å². The molecule has 0 saturated carbocycles. The molecule has 1 aromatic heterocycles. The summed E-state index contributed by atoms with van der Waals surface area (Å²) in [5, 5.41) is 16.2. The maximum absolute atomic E-state index is 12.7. The van der Waals surface area contributed by atoms with E-state index in [9.17, 15) is 14.9 Å². The van der Waals surface area contributed by atoms with Crippen molar-refractivity contribution in [1.82, 2.24) is 9.78 Å². The third kappa shape index (κ3) is 3.68. The Morgan fingerprint density at radius 3 is 2.33 bits per heavy atom. The van der Waals surface area contributed by atoms with E-state index in [-0.39, 0.29) is 11.1 Å². The maximum atomic E-state index is 12.7. The van der Waals surface area contributed by atoms with Gasteiger partial charge in [-0.05, 0) is 42.0 Å². The van der Waals surface area contributed by atoms with Crippen LogP contribution in [0.4, 0.5) is 5.69 Å². The number of nitro groups is 1. The van der Waals surface area contributed by atoms with Crippen LogP contribution >= 0.6 is 0 Å². The van der Waals surface area contributed by atoms with Crippen molar-refractivity contribution in [1.29, 1.82) is 0 Å². The summed E-state index contributed by atoms with van der Waals surface area (Å²) in [6.07, 6.45) is 3.74. The first-order valence-corrected chi connectivity index (χ1v) is 9.16. The molecule has 7 nitrogen and oxygen atoms in total. The van der Waals surface area contributed by atoms with Gasteiger partial charge >= 0.3 is 0 Å². The highest BCUT2D eigenvalue weighted by Crippen LogP contribution is 2.23. The molecule has 0 aliphatic rings. The molecule has 0 amide bonds. The molecule has 3 aromatic carbocycles. The van der Waals surface area contributed by atoms with Crippen LogP contribution in [0.3, 0.4) is 0 Å². The predicted octanol–water partition coefficient (Wildman–Crippen LogP) is 4.47. The first-order valence-electron chi connectivity index (χ1n) is 9.16. The number of benzene rings is 2. The third-order valence-electron chi connectivity index (χ3n) is 4.66. The van der Waals surface area contributed by atoms with E-state index in [0.29, 0.717) is 22.3 Å². The molecule has 7 heteroatoms. The number of methoxy groups -OCH3 is 1. The van der Waals surface area contributed by atoms with Gasteiger partial charge in [0.25, 0.3) is 5.69 Å². The molecule has 4 aromatic rings. The van der Waals surface area contributed by atoms with Gasteiger partial charge in [0.15, 0.2) is 0 Å². The number of ether oxygens (including phenoxy) is 1. The summed E-state index contributed by atoms with van der Waals surface area (Å²) in [6.45, 7) is 0. The Morgan fingerprint density at radius 1 is 0.967 bits per heavy atom. The maximum Gasteiger partial charge on any atom is 0.269 e. The Kier molecular flexibility index (Phi) is 5.09. The summed E-state index contributed by atoms with van der Waals surface area (Å²) in [4.78, 5) is 23.2. The predicted molar refractivity (Wildman–Crippen MR) is 116 cm³/mol. The fraction of sp³-hybridized carbons (Fsp3) is 0.0435. The molecule has 30 heavy (non-hydrogen) atoms. The topological polar surface area (TPSA) is 87.3 Å². The van der Waals surface area contributed by atoms with Crippen molar-refractivity contribution < 1.29 is 9.66 Å². The summed E-state index contributed by atoms with van der Waals surface area (Å²) in [5.41, 5.74) is 2.33. The average molecular weight is 399 g/mol. The molecule has 1 heterocycles. The second-order valence-corrected chi connectivity index (χ2v) is 6.52. The largest absolute Gasteiger partial charge is 0.497 e. The number of fused-ring (bicyclic) bond motifs is 1. The van der Waals surface area contributed by atoms with E-state index >= 15 is 0 Å². The standard InChI is InChI=1S/C23H17N3O4/c1-30-19-13-6-16(7-14-19)8-15-21-20-4-2-3-5-22(27)23(20)25(24-21)17-9-11-18(12-10-17)26(28)29/h2-15H,1H3. The van der Waals surface area contributed by atoms with Gasteiger partial charge < -0.3 is 4.74 Å².